The zero-order valence-electron chi connectivity index (χ0n) is 64.6. The minimum atomic E-state index is -0.753. The van der Waals surface area contributed by atoms with Gasteiger partial charge in [0, 0.05) is 44.3 Å². The molecule has 12 rings (SSSR count). The minimum absolute atomic E-state index is 0. The van der Waals surface area contributed by atoms with Crippen molar-refractivity contribution in [3.05, 3.63) is 246 Å². The van der Waals surface area contributed by atoms with Crippen LogP contribution in [0.25, 0.3) is 94.5 Å². The zero-order valence-corrected chi connectivity index (χ0v) is 53.8. The van der Waals surface area contributed by atoms with Crippen molar-refractivity contribution in [3.63, 3.8) is 0 Å². The quantitative estimate of drug-likeness (QED) is 0.107. The average molecular weight is 1320 g/mol. The molecule has 0 radical (unpaired) electrons. The van der Waals surface area contributed by atoms with Crippen LogP contribution in [0.15, 0.2) is 200 Å². The number of para-hydroxylation sites is 1. The van der Waals surface area contributed by atoms with E-state index >= 15 is 0 Å². The van der Waals surface area contributed by atoms with Gasteiger partial charge in [0.2, 0.25) is 0 Å². The first-order chi connectivity index (χ1) is 45.7. The smallest absolute Gasteiger partial charge is 0.268 e. The van der Waals surface area contributed by atoms with Gasteiger partial charge in [0.1, 0.15) is 5.82 Å². The van der Waals surface area contributed by atoms with Crippen LogP contribution in [-0.2, 0) is 48.1 Å². The molecule has 436 valence electrons. The summed E-state index contributed by atoms with van der Waals surface area (Å²) in [6.07, 6.45) is 5.59. The van der Waals surface area contributed by atoms with Gasteiger partial charge in [-0.15, -0.1) is 29.7 Å². The molecule has 5 nitrogen and oxygen atoms in total. The maximum Gasteiger partial charge on any atom is 0.268 e. The second-order valence-corrected chi connectivity index (χ2v) is 27.3. The molecule has 0 aliphatic heterocycles. The average Bonchev–Trinajstić information content (AvgIpc) is 1.61. The molecule has 0 aliphatic rings. The number of aromatic nitrogens is 4. The van der Waals surface area contributed by atoms with E-state index in [0.717, 1.165) is 61.0 Å². The molecular formula is C80H78N4OPt-2. The number of benzene rings is 9. The Morgan fingerprint density at radius 3 is 1.67 bits per heavy atom. The van der Waals surface area contributed by atoms with Gasteiger partial charge in [-0.25, -0.2) is 4.98 Å². The van der Waals surface area contributed by atoms with Crippen molar-refractivity contribution in [2.75, 3.05) is 0 Å². The molecule has 3 heterocycles. The van der Waals surface area contributed by atoms with E-state index in [1.165, 1.54) is 0 Å². The summed E-state index contributed by atoms with van der Waals surface area (Å²) in [5, 5.41) is 2.00. The maximum absolute atomic E-state index is 10.5. The van der Waals surface area contributed by atoms with E-state index in [4.69, 9.17) is 17.9 Å². The topological polar surface area (TPSA) is 35.9 Å². The van der Waals surface area contributed by atoms with Gasteiger partial charge in [-0.3, -0.25) is 4.57 Å². The van der Waals surface area contributed by atoms with E-state index in [9.17, 15) is 9.60 Å². The monoisotopic (exact) mass is 1320 g/mol. The molecule has 86 heavy (non-hydrogen) atoms. The number of rotatable bonds is 9. The van der Waals surface area contributed by atoms with Crippen LogP contribution in [-0.4, -0.2) is 14.1 Å². The first-order valence-electron chi connectivity index (χ1n) is 35.5. The fraction of sp³-hybridized carbons (Fsp3) is 0.250. The molecule has 6 heteroatoms. The molecule has 0 saturated carbocycles. The SMILES string of the molecule is [2H]c1c([2H])c([2H])c(-c2c([2H])c(-c3cc(C(C)(C)C)cc(C(C)(C)C)c3-[n+]3[c-]n(-c4[c-]c(Oc5[c-]c6c(cc5)c5ccccc5n6-c5cc(C(C)(C)C)ccn5)ccc4)c4cc(-c5cc(C(C)(C)C)cc(C(C)(C)C)c5)ccc43)c([2H])c(-c3c([2H])c([2H])c([2H])c([2H])c3[2H])c2[2H])c([2H])c1[2H].[Pt]. The molecule has 0 bridgehead atoms. The van der Waals surface area contributed by atoms with Gasteiger partial charge in [-0.05, 0) is 153 Å². The van der Waals surface area contributed by atoms with Crippen LogP contribution in [0.3, 0.4) is 0 Å². The molecule has 0 atom stereocenters. The number of fused-ring (bicyclic) bond motifs is 4. The third kappa shape index (κ3) is 11.7. The largest absolute Gasteiger partial charge is 0.510 e. The summed E-state index contributed by atoms with van der Waals surface area (Å²) in [7, 11) is 0. The third-order valence-electron chi connectivity index (χ3n) is 15.8. The minimum Gasteiger partial charge on any atom is -0.510 e. The molecule has 9 aromatic carbocycles. The molecule has 0 unspecified atom stereocenters. The van der Waals surface area contributed by atoms with Crippen LogP contribution in [0.5, 0.6) is 11.5 Å². The normalized spacial score (nSPS) is 14.6. The molecule has 0 amide bonds. The number of imidazole rings is 1. The Kier molecular flexibility index (Phi) is 11.7. The van der Waals surface area contributed by atoms with Crippen molar-refractivity contribution in [2.24, 2.45) is 0 Å². The van der Waals surface area contributed by atoms with E-state index < -0.39 is 112 Å². The van der Waals surface area contributed by atoms with Gasteiger partial charge < -0.3 is 13.9 Å². The summed E-state index contributed by atoms with van der Waals surface area (Å²) < 4.78 is 133. The summed E-state index contributed by atoms with van der Waals surface area (Å²) in [4.78, 5) is 4.89. The van der Waals surface area contributed by atoms with Crippen molar-refractivity contribution in [2.45, 2.75) is 131 Å². The second kappa shape index (κ2) is 22.3. The Morgan fingerprint density at radius 2 is 1.06 bits per heavy atom. The zero-order chi connectivity index (χ0) is 71.3. The Bertz CT molecular complexity index is 5140. The van der Waals surface area contributed by atoms with E-state index in [1.54, 1.807) is 0 Å². The number of ether oxygens (including phenoxy) is 1. The number of pyridine rings is 1. The number of hydrogen-bond acceptors (Lipinski definition) is 2. The van der Waals surface area contributed by atoms with Gasteiger partial charge >= 0.3 is 0 Å². The van der Waals surface area contributed by atoms with Crippen LogP contribution >= 0.6 is 0 Å². The van der Waals surface area contributed by atoms with Gasteiger partial charge in [-0.1, -0.05) is 230 Å². The molecule has 0 N–H and O–H groups in total. The molecule has 0 saturated heterocycles. The van der Waals surface area contributed by atoms with Gasteiger partial charge in [0.15, 0.2) is 0 Å². The van der Waals surface area contributed by atoms with E-state index in [1.807, 2.05) is 118 Å². The number of hydrogen-bond donors (Lipinski definition) is 0. The molecule has 0 spiro atoms. The predicted octanol–water partition coefficient (Wildman–Crippen LogP) is 20.7. The van der Waals surface area contributed by atoms with Gasteiger partial charge in [-0.2, -0.15) is 18.2 Å². The van der Waals surface area contributed by atoms with Crippen LogP contribution in [0.1, 0.15) is 149 Å². The molecule has 3 aromatic heterocycles. The standard InChI is InChI=1S/C80H78N4O.Pt/c1-76(2,3)59-37-38-81-74(48-59)84-70-32-23-22-31-66(70)67-35-34-65(50-72(67)84)85-64-30-24-29-63(49-64)82-51-83(71-36-33-54(44-73(71)82)57-42-60(77(4,5)6)45-61(43-57)78(7,8)9)75-68(46-62(79(10,11)12)47-69(75)80(13,14)15)58-40-55(52-25-18-16-19-26-52)39-56(41-58)53-27-20-17-21-28-53;/h16-48H,1-15H3;/q-2;/i16D,17D,18D,19D,20D,21D,25D,26D,27D,28D,39D,40D,41D;. The summed E-state index contributed by atoms with van der Waals surface area (Å²) in [6.45, 7) is 32.0. The molecule has 0 fully saturated rings. The Labute approximate surface area is 542 Å². The second-order valence-electron chi connectivity index (χ2n) is 27.3. The van der Waals surface area contributed by atoms with Crippen molar-refractivity contribution in [1.29, 1.82) is 0 Å². The molecular weight excluding hydrogens is 1230 g/mol. The Morgan fingerprint density at radius 1 is 0.465 bits per heavy atom. The van der Waals surface area contributed by atoms with Crippen molar-refractivity contribution in [3.8, 4) is 73.2 Å². The van der Waals surface area contributed by atoms with Crippen molar-refractivity contribution >= 4 is 32.8 Å². The van der Waals surface area contributed by atoms with E-state index in [2.05, 4.69) is 140 Å². The van der Waals surface area contributed by atoms with Crippen LogP contribution in [0, 0.1) is 18.5 Å². The Balaban J connectivity index is 0.00000990. The predicted molar refractivity (Wildman–Crippen MR) is 355 cm³/mol. The first-order valence-corrected chi connectivity index (χ1v) is 29.0. The van der Waals surface area contributed by atoms with Crippen molar-refractivity contribution < 1.29 is 48.2 Å². The van der Waals surface area contributed by atoms with E-state index in [0.29, 0.717) is 39.5 Å². The van der Waals surface area contributed by atoms with Gasteiger partial charge in [0.05, 0.1) is 34.5 Å². The fourth-order valence-corrected chi connectivity index (χ4v) is 10.9. The molecule has 12 aromatic rings. The Hall–Kier alpha value is -8.11. The molecule has 0 aliphatic carbocycles. The summed E-state index contributed by atoms with van der Waals surface area (Å²) >= 11 is 0. The third-order valence-corrected chi connectivity index (χ3v) is 15.8. The van der Waals surface area contributed by atoms with Crippen molar-refractivity contribution in [1.82, 2.24) is 14.1 Å². The first kappa shape index (κ1) is 45.2. The number of nitrogens with zero attached hydrogens (tertiary/aromatic N) is 4. The summed E-state index contributed by atoms with van der Waals surface area (Å²) in [5.41, 5.74) is 6.73. The van der Waals surface area contributed by atoms with Crippen LogP contribution in [0.2, 0.25) is 0 Å². The van der Waals surface area contributed by atoms with E-state index in [-0.39, 0.29) is 48.4 Å². The summed E-state index contributed by atoms with van der Waals surface area (Å²) in [6, 6.07) is 36.7. The van der Waals surface area contributed by atoms with Crippen LogP contribution < -0.4 is 9.30 Å². The summed E-state index contributed by atoms with van der Waals surface area (Å²) in [5.74, 6) is 1.53. The fourth-order valence-electron chi connectivity index (χ4n) is 10.9. The maximum atomic E-state index is 10.5. The van der Waals surface area contributed by atoms with Crippen LogP contribution in [0.4, 0.5) is 0 Å². The van der Waals surface area contributed by atoms with Gasteiger partial charge in [0.25, 0.3) is 6.33 Å².